The van der Waals surface area contributed by atoms with E-state index in [1.807, 2.05) is 0 Å². The number of halogens is 3. The van der Waals surface area contributed by atoms with Gasteiger partial charge in [-0.1, -0.05) is 47.8 Å². The molecule has 2 aromatic carbocycles. The fourth-order valence-corrected chi connectivity index (χ4v) is 6.50. The second kappa shape index (κ2) is 10.3. The van der Waals surface area contributed by atoms with Crippen molar-refractivity contribution in [1.82, 2.24) is 14.1 Å². The lowest BCUT2D eigenvalue weighted by Crippen LogP contribution is -2.35. The first kappa shape index (κ1) is 25.6. The Bertz CT molecular complexity index is 1390. The number of nitrogens with zero attached hydrogens (tertiary/aromatic N) is 3. The highest BCUT2D eigenvalue weighted by molar-refractivity contribution is 7.89. The van der Waals surface area contributed by atoms with E-state index >= 15 is 0 Å². The van der Waals surface area contributed by atoms with Gasteiger partial charge in [0.1, 0.15) is 10.7 Å². The van der Waals surface area contributed by atoms with Gasteiger partial charge in [0, 0.05) is 18.7 Å². The van der Waals surface area contributed by atoms with Crippen molar-refractivity contribution in [1.29, 1.82) is 0 Å². The SMILES string of the molecule is Cc1nn(Cc2ccccc2F)c(C)c1NC(=O)c1cc(S(=O)(=O)N2CCCCC2)c(Cl)cc1Cl. The van der Waals surface area contributed by atoms with Gasteiger partial charge in [-0.3, -0.25) is 9.48 Å². The third-order valence-electron chi connectivity index (χ3n) is 6.10. The zero-order valence-corrected chi connectivity index (χ0v) is 21.6. The summed E-state index contributed by atoms with van der Waals surface area (Å²) in [7, 11) is -3.88. The number of benzene rings is 2. The van der Waals surface area contributed by atoms with E-state index < -0.39 is 15.9 Å². The van der Waals surface area contributed by atoms with Crippen LogP contribution >= 0.6 is 23.2 Å². The Morgan fingerprint density at radius 3 is 2.46 bits per heavy atom. The van der Waals surface area contributed by atoms with Gasteiger partial charge in [0.25, 0.3) is 5.91 Å². The van der Waals surface area contributed by atoms with E-state index in [0.29, 0.717) is 35.7 Å². The minimum atomic E-state index is -3.88. The Labute approximate surface area is 213 Å². The van der Waals surface area contributed by atoms with Gasteiger partial charge in [-0.2, -0.15) is 9.40 Å². The molecule has 1 saturated heterocycles. The fourth-order valence-electron chi connectivity index (χ4n) is 4.15. The molecule has 1 fully saturated rings. The number of nitrogens with one attached hydrogen (secondary N) is 1. The molecule has 0 aliphatic carbocycles. The molecule has 35 heavy (non-hydrogen) atoms. The smallest absolute Gasteiger partial charge is 0.257 e. The van der Waals surface area contributed by atoms with Crippen molar-refractivity contribution in [2.75, 3.05) is 18.4 Å². The summed E-state index contributed by atoms with van der Waals surface area (Å²) in [5, 5.41) is 7.20. The maximum Gasteiger partial charge on any atom is 0.257 e. The molecule has 0 bridgehead atoms. The predicted molar refractivity (Wildman–Crippen MR) is 134 cm³/mol. The third kappa shape index (κ3) is 5.23. The first-order valence-electron chi connectivity index (χ1n) is 11.2. The van der Waals surface area contributed by atoms with E-state index in [0.717, 1.165) is 19.3 Å². The van der Waals surface area contributed by atoms with Crippen LogP contribution in [0, 0.1) is 19.7 Å². The van der Waals surface area contributed by atoms with Crippen molar-refractivity contribution in [3.8, 4) is 0 Å². The summed E-state index contributed by atoms with van der Waals surface area (Å²) in [6.07, 6.45) is 2.51. The number of hydrogen-bond acceptors (Lipinski definition) is 4. The Balaban J connectivity index is 1.63. The molecule has 7 nitrogen and oxygen atoms in total. The molecule has 1 aromatic heterocycles. The quantitative estimate of drug-likeness (QED) is 0.454. The van der Waals surface area contributed by atoms with E-state index in [1.54, 1.807) is 36.7 Å². The maximum atomic E-state index is 14.1. The number of aromatic nitrogens is 2. The van der Waals surface area contributed by atoms with Crippen LogP contribution in [0.3, 0.4) is 0 Å². The van der Waals surface area contributed by atoms with Crippen LogP contribution in [0.25, 0.3) is 0 Å². The van der Waals surface area contributed by atoms with Gasteiger partial charge >= 0.3 is 0 Å². The number of rotatable bonds is 6. The van der Waals surface area contributed by atoms with Gasteiger partial charge in [-0.25, -0.2) is 12.8 Å². The van der Waals surface area contributed by atoms with E-state index in [2.05, 4.69) is 10.4 Å². The average molecular weight is 539 g/mol. The van der Waals surface area contributed by atoms with Crippen LogP contribution in [-0.4, -0.2) is 41.5 Å². The summed E-state index contributed by atoms with van der Waals surface area (Å²) in [5.41, 5.74) is 2.03. The highest BCUT2D eigenvalue weighted by Crippen LogP contribution is 2.32. The van der Waals surface area contributed by atoms with Crippen molar-refractivity contribution in [2.24, 2.45) is 0 Å². The van der Waals surface area contributed by atoms with Crippen molar-refractivity contribution in [3.63, 3.8) is 0 Å². The number of piperidine rings is 1. The minimum Gasteiger partial charge on any atom is -0.319 e. The average Bonchev–Trinajstić information content (AvgIpc) is 3.08. The van der Waals surface area contributed by atoms with Crippen LogP contribution < -0.4 is 5.32 Å². The Morgan fingerprint density at radius 1 is 1.09 bits per heavy atom. The van der Waals surface area contributed by atoms with Crippen LogP contribution in [0.1, 0.15) is 46.6 Å². The van der Waals surface area contributed by atoms with Gasteiger partial charge in [-0.15, -0.1) is 0 Å². The summed E-state index contributed by atoms with van der Waals surface area (Å²) in [6, 6.07) is 8.89. The monoisotopic (exact) mass is 538 g/mol. The Kier molecular flexibility index (Phi) is 7.51. The molecule has 1 amide bonds. The minimum absolute atomic E-state index is 0.0210. The molecule has 1 aliphatic heterocycles. The van der Waals surface area contributed by atoms with Gasteiger partial charge < -0.3 is 5.32 Å². The number of anilines is 1. The van der Waals surface area contributed by atoms with Crippen LogP contribution in [-0.2, 0) is 16.6 Å². The molecule has 0 radical (unpaired) electrons. The van der Waals surface area contributed by atoms with Crippen molar-refractivity contribution in [2.45, 2.75) is 44.6 Å². The van der Waals surface area contributed by atoms with E-state index in [1.165, 1.54) is 22.5 Å². The van der Waals surface area contributed by atoms with Crippen LogP contribution in [0.4, 0.5) is 10.1 Å². The third-order valence-corrected chi connectivity index (χ3v) is 8.77. The molecule has 11 heteroatoms. The number of carbonyl (C=O) groups is 1. The van der Waals surface area contributed by atoms with Crippen LogP contribution in [0.15, 0.2) is 41.3 Å². The molecule has 0 atom stereocenters. The summed E-state index contributed by atoms with van der Waals surface area (Å²) in [5.74, 6) is -0.945. The van der Waals surface area contributed by atoms with Gasteiger partial charge in [0.15, 0.2) is 0 Å². The van der Waals surface area contributed by atoms with Crippen molar-refractivity contribution >= 4 is 44.8 Å². The fraction of sp³-hybridized carbons (Fsp3) is 0.333. The van der Waals surface area contributed by atoms with E-state index in [9.17, 15) is 17.6 Å². The molecule has 0 unspecified atom stereocenters. The molecule has 4 rings (SSSR count). The summed E-state index contributed by atoms with van der Waals surface area (Å²) >= 11 is 12.5. The number of sulfonamides is 1. The van der Waals surface area contributed by atoms with Crippen LogP contribution in [0.5, 0.6) is 0 Å². The van der Waals surface area contributed by atoms with Gasteiger partial charge in [0.05, 0.1) is 39.2 Å². The summed E-state index contributed by atoms with van der Waals surface area (Å²) in [4.78, 5) is 13.0. The normalized spacial score (nSPS) is 14.8. The lowest BCUT2D eigenvalue weighted by atomic mass is 10.2. The Hall–Kier alpha value is -2.46. The topological polar surface area (TPSA) is 84.3 Å². The van der Waals surface area contributed by atoms with Crippen molar-refractivity contribution < 1.29 is 17.6 Å². The molecule has 2 heterocycles. The number of amides is 1. The molecule has 0 spiro atoms. The summed E-state index contributed by atoms with van der Waals surface area (Å²) in [6.45, 7) is 4.47. The zero-order valence-electron chi connectivity index (χ0n) is 19.3. The lowest BCUT2D eigenvalue weighted by molar-refractivity contribution is 0.102. The highest BCUT2D eigenvalue weighted by Gasteiger charge is 2.30. The maximum absolute atomic E-state index is 14.1. The lowest BCUT2D eigenvalue weighted by Gasteiger charge is -2.26. The first-order valence-corrected chi connectivity index (χ1v) is 13.4. The highest BCUT2D eigenvalue weighted by atomic mass is 35.5. The zero-order chi connectivity index (χ0) is 25.3. The molecule has 1 N–H and O–H groups in total. The standard InChI is InChI=1S/C24H25Cl2FN4O3S/c1-15-23(16(2)31(29-15)14-17-8-4-5-9-21(17)27)28-24(32)18-12-22(20(26)13-19(18)25)35(33,34)30-10-6-3-7-11-30/h4-5,8-9,12-13H,3,6-7,10-11,14H2,1-2H3,(H,28,32). The number of aryl methyl sites for hydroxylation is 1. The van der Waals surface area contributed by atoms with E-state index in [-0.39, 0.29) is 32.9 Å². The summed E-state index contributed by atoms with van der Waals surface area (Å²) < 4.78 is 43.5. The number of hydrogen-bond donors (Lipinski definition) is 1. The number of carbonyl (C=O) groups excluding carboxylic acids is 1. The molecule has 1 aliphatic rings. The van der Waals surface area contributed by atoms with Crippen LogP contribution in [0.2, 0.25) is 10.0 Å². The second-order valence-corrected chi connectivity index (χ2v) is 11.2. The molecular weight excluding hydrogens is 514 g/mol. The van der Waals surface area contributed by atoms with E-state index in [4.69, 9.17) is 23.2 Å². The predicted octanol–water partition coefficient (Wildman–Crippen LogP) is 5.42. The second-order valence-electron chi connectivity index (χ2n) is 8.48. The van der Waals surface area contributed by atoms with Gasteiger partial charge in [-0.05, 0) is 44.9 Å². The largest absolute Gasteiger partial charge is 0.319 e. The first-order chi connectivity index (χ1) is 16.6. The molecule has 3 aromatic rings. The van der Waals surface area contributed by atoms with Gasteiger partial charge in [0.2, 0.25) is 10.0 Å². The van der Waals surface area contributed by atoms with Crippen molar-refractivity contribution in [3.05, 3.63) is 74.8 Å². The molecule has 186 valence electrons. The molecule has 0 saturated carbocycles. The molecular formula is C24H25Cl2FN4O3S. The Morgan fingerprint density at radius 2 is 1.77 bits per heavy atom.